The van der Waals surface area contributed by atoms with Crippen molar-refractivity contribution in [1.29, 1.82) is 0 Å². The minimum absolute atomic E-state index is 0.192. The summed E-state index contributed by atoms with van der Waals surface area (Å²) in [5.74, 6) is 0.343. The van der Waals surface area contributed by atoms with Crippen LogP contribution in [0.4, 0.5) is 10.1 Å². The Bertz CT molecular complexity index is 327. The average molecular weight is 208 g/mol. The molecule has 2 unspecified atom stereocenters. The quantitative estimate of drug-likeness (QED) is 0.800. The van der Waals surface area contributed by atoms with Crippen molar-refractivity contribution >= 4 is 5.69 Å². The number of halogens is 1. The van der Waals surface area contributed by atoms with Crippen LogP contribution in [0.25, 0.3) is 0 Å². The summed E-state index contributed by atoms with van der Waals surface area (Å²) in [6, 6.07) is 7.03. The topological polar surface area (TPSA) is 38.0 Å². The Morgan fingerprint density at radius 2 is 2.27 bits per heavy atom. The van der Waals surface area contributed by atoms with Crippen LogP contribution in [0.5, 0.6) is 0 Å². The van der Waals surface area contributed by atoms with Crippen LogP contribution in [-0.2, 0) is 0 Å². The summed E-state index contributed by atoms with van der Waals surface area (Å²) in [7, 11) is 0. The van der Waals surface area contributed by atoms with E-state index in [1.54, 1.807) is 6.07 Å². The predicted molar refractivity (Wildman–Crippen MR) is 60.2 cm³/mol. The molecule has 3 N–H and O–H groups in total. The van der Waals surface area contributed by atoms with E-state index in [1.807, 2.05) is 6.07 Å². The first-order valence-electron chi connectivity index (χ1n) is 5.52. The Kier molecular flexibility index (Phi) is 3.21. The third-order valence-corrected chi connectivity index (χ3v) is 3.14. The minimum atomic E-state index is -0.192. The summed E-state index contributed by atoms with van der Waals surface area (Å²) in [6.07, 6.45) is 3.54. The van der Waals surface area contributed by atoms with Gasteiger partial charge in [0.05, 0.1) is 0 Å². The molecule has 0 heterocycles. The van der Waals surface area contributed by atoms with Crippen LogP contribution in [0, 0.1) is 11.7 Å². The van der Waals surface area contributed by atoms with Gasteiger partial charge in [0, 0.05) is 11.7 Å². The molecule has 1 aromatic rings. The Balaban J connectivity index is 2.02. The second-order valence-electron chi connectivity index (χ2n) is 4.19. The third-order valence-electron chi connectivity index (χ3n) is 3.14. The number of nitrogens with two attached hydrogens (primary N) is 1. The molecule has 0 aliphatic heterocycles. The predicted octanol–water partition coefficient (Wildman–Crippen LogP) is 2.37. The second kappa shape index (κ2) is 4.62. The van der Waals surface area contributed by atoms with Crippen molar-refractivity contribution in [2.75, 3.05) is 11.9 Å². The monoisotopic (exact) mass is 208 g/mol. The van der Waals surface area contributed by atoms with Gasteiger partial charge in [-0.3, -0.25) is 0 Å². The van der Waals surface area contributed by atoms with Crippen molar-refractivity contribution in [3.8, 4) is 0 Å². The number of hydrogen-bond donors (Lipinski definition) is 2. The van der Waals surface area contributed by atoms with E-state index >= 15 is 0 Å². The van der Waals surface area contributed by atoms with Crippen LogP contribution in [0.2, 0.25) is 0 Å². The third kappa shape index (κ3) is 2.48. The van der Waals surface area contributed by atoms with Crippen LogP contribution < -0.4 is 11.1 Å². The van der Waals surface area contributed by atoms with Gasteiger partial charge in [0.15, 0.2) is 0 Å². The fraction of sp³-hybridized carbons (Fsp3) is 0.500. The zero-order chi connectivity index (χ0) is 10.7. The molecule has 1 fully saturated rings. The fourth-order valence-corrected chi connectivity index (χ4v) is 2.30. The summed E-state index contributed by atoms with van der Waals surface area (Å²) in [6.45, 7) is 0.715. The number of nitrogens with one attached hydrogen (secondary N) is 1. The fourth-order valence-electron chi connectivity index (χ4n) is 2.30. The van der Waals surface area contributed by atoms with Gasteiger partial charge in [-0.25, -0.2) is 4.39 Å². The van der Waals surface area contributed by atoms with Crippen LogP contribution in [0.1, 0.15) is 19.3 Å². The molecule has 0 saturated heterocycles. The van der Waals surface area contributed by atoms with Crippen molar-refractivity contribution in [1.82, 2.24) is 0 Å². The van der Waals surface area contributed by atoms with Gasteiger partial charge < -0.3 is 11.1 Å². The lowest BCUT2D eigenvalue weighted by molar-refractivity contribution is 0.516. The van der Waals surface area contributed by atoms with Gasteiger partial charge in [-0.05, 0) is 43.5 Å². The lowest BCUT2D eigenvalue weighted by Crippen LogP contribution is -2.29. The molecule has 82 valence electrons. The highest BCUT2D eigenvalue weighted by atomic mass is 19.1. The molecule has 1 aliphatic rings. The molecule has 0 spiro atoms. The maximum absolute atomic E-state index is 13.0. The first kappa shape index (κ1) is 10.4. The highest BCUT2D eigenvalue weighted by molar-refractivity contribution is 5.44. The standard InChI is InChI=1S/C12H17FN2/c13-10-4-2-5-11(7-10)15-12-6-1-3-9(12)8-14/h2,4-5,7,9,12,15H,1,3,6,8,14H2. The summed E-state index contributed by atoms with van der Waals surface area (Å²) < 4.78 is 13.0. The Morgan fingerprint density at radius 1 is 1.40 bits per heavy atom. The van der Waals surface area contributed by atoms with Crippen LogP contribution >= 0.6 is 0 Å². The Hall–Kier alpha value is -1.09. The molecule has 1 saturated carbocycles. The smallest absolute Gasteiger partial charge is 0.125 e. The van der Waals surface area contributed by atoms with Crippen LogP contribution in [0.15, 0.2) is 24.3 Å². The zero-order valence-corrected chi connectivity index (χ0v) is 8.75. The molecular formula is C12H17FN2. The van der Waals surface area contributed by atoms with E-state index in [1.165, 1.54) is 25.0 Å². The van der Waals surface area contributed by atoms with Crippen molar-refractivity contribution in [2.45, 2.75) is 25.3 Å². The summed E-state index contributed by atoms with van der Waals surface area (Å²) in [5.41, 5.74) is 6.56. The maximum atomic E-state index is 13.0. The van der Waals surface area contributed by atoms with E-state index in [-0.39, 0.29) is 5.82 Å². The van der Waals surface area contributed by atoms with Gasteiger partial charge in [0.1, 0.15) is 5.82 Å². The lowest BCUT2D eigenvalue weighted by Gasteiger charge is -2.20. The SMILES string of the molecule is NCC1CCCC1Nc1cccc(F)c1. The molecule has 0 bridgehead atoms. The first-order valence-corrected chi connectivity index (χ1v) is 5.52. The molecule has 0 amide bonds. The highest BCUT2D eigenvalue weighted by Crippen LogP contribution is 2.27. The molecular weight excluding hydrogens is 191 g/mol. The van der Waals surface area contributed by atoms with Gasteiger partial charge in [-0.1, -0.05) is 12.5 Å². The number of rotatable bonds is 3. The number of anilines is 1. The van der Waals surface area contributed by atoms with E-state index in [0.29, 0.717) is 18.5 Å². The Morgan fingerprint density at radius 3 is 3.00 bits per heavy atom. The largest absolute Gasteiger partial charge is 0.382 e. The highest BCUT2D eigenvalue weighted by Gasteiger charge is 2.25. The first-order chi connectivity index (χ1) is 7.29. The Labute approximate surface area is 89.7 Å². The van der Waals surface area contributed by atoms with E-state index in [0.717, 1.165) is 12.1 Å². The average Bonchev–Trinajstić information content (AvgIpc) is 2.65. The molecule has 1 aliphatic carbocycles. The van der Waals surface area contributed by atoms with E-state index in [2.05, 4.69) is 5.32 Å². The van der Waals surface area contributed by atoms with E-state index < -0.39 is 0 Å². The molecule has 15 heavy (non-hydrogen) atoms. The van der Waals surface area contributed by atoms with Crippen molar-refractivity contribution in [3.05, 3.63) is 30.1 Å². The van der Waals surface area contributed by atoms with E-state index in [4.69, 9.17) is 5.73 Å². The van der Waals surface area contributed by atoms with E-state index in [9.17, 15) is 4.39 Å². The van der Waals surface area contributed by atoms with Crippen molar-refractivity contribution < 1.29 is 4.39 Å². The molecule has 0 aromatic heterocycles. The number of hydrogen-bond acceptors (Lipinski definition) is 2. The molecule has 2 atom stereocenters. The molecule has 1 aromatic carbocycles. The summed E-state index contributed by atoms with van der Waals surface area (Å²) in [4.78, 5) is 0. The normalized spacial score (nSPS) is 25.5. The van der Waals surface area contributed by atoms with Gasteiger partial charge in [0.2, 0.25) is 0 Å². The van der Waals surface area contributed by atoms with Gasteiger partial charge in [-0.2, -0.15) is 0 Å². The van der Waals surface area contributed by atoms with Gasteiger partial charge in [-0.15, -0.1) is 0 Å². The molecule has 0 radical (unpaired) electrons. The van der Waals surface area contributed by atoms with Crippen LogP contribution in [0.3, 0.4) is 0 Å². The molecule has 2 nitrogen and oxygen atoms in total. The molecule has 3 heteroatoms. The summed E-state index contributed by atoms with van der Waals surface area (Å²) in [5, 5.41) is 3.36. The number of benzene rings is 1. The van der Waals surface area contributed by atoms with Crippen molar-refractivity contribution in [2.24, 2.45) is 11.7 Å². The lowest BCUT2D eigenvalue weighted by atomic mass is 10.0. The van der Waals surface area contributed by atoms with Crippen molar-refractivity contribution in [3.63, 3.8) is 0 Å². The summed E-state index contributed by atoms with van der Waals surface area (Å²) >= 11 is 0. The van der Waals surface area contributed by atoms with Gasteiger partial charge in [0.25, 0.3) is 0 Å². The molecule has 2 rings (SSSR count). The van der Waals surface area contributed by atoms with Crippen LogP contribution in [-0.4, -0.2) is 12.6 Å². The maximum Gasteiger partial charge on any atom is 0.125 e. The second-order valence-corrected chi connectivity index (χ2v) is 4.19. The minimum Gasteiger partial charge on any atom is -0.382 e. The zero-order valence-electron chi connectivity index (χ0n) is 8.75. The van der Waals surface area contributed by atoms with Gasteiger partial charge >= 0.3 is 0 Å².